The minimum absolute atomic E-state index is 0.232. The predicted octanol–water partition coefficient (Wildman–Crippen LogP) is 2.40. The first-order valence-corrected chi connectivity index (χ1v) is 5.51. The highest BCUT2D eigenvalue weighted by molar-refractivity contribution is 5.87. The normalized spacial score (nSPS) is 12.9. The van der Waals surface area contributed by atoms with Crippen LogP contribution in [0.3, 0.4) is 0 Å². The monoisotopic (exact) mass is 220 g/mol. The lowest BCUT2D eigenvalue weighted by atomic mass is 10.2. The molecule has 1 unspecified atom stereocenters. The number of furan rings is 1. The van der Waals surface area contributed by atoms with Gasteiger partial charge in [-0.1, -0.05) is 0 Å². The summed E-state index contributed by atoms with van der Waals surface area (Å²) in [6.45, 7) is 2.31. The van der Waals surface area contributed by atoms with E-state index in [0.717, 1.165) is 29.6 Å². The third kappa shape index (κ3) is 2.33. The lowest BCUT2D eigenvalue weighted by Gasteiger charge is -2.14. The molecule has 0 aliphatic heterocycles. The summed E-state index contributed by atoms with van der Waals surface area (Å²) in [5.41, 5.74) is 0.840. The Morgan fingerprint density at radius 3 is 3.19 bits per heavy atom. The maximum Gasteiger partial charge on any atom is 0.139 e. The van der Waals surface area contributed by atoms with Crippen LogP contribution in [-0.4, -0.2) is 22.7 Å². The highest BCUT2D eigenvalue weighted by Gasteiger charge is 2.07. The Bertz CT molecular complexity index is 453. The summed E-state index contributed by atoms with van der Waals surface area (Å²) < 4.78 is 5.30. The number of pyridine rings is 1. The fraction of sp³-hybridized carbons (Fsp3) is 0.417. The van der Waals surface area contributed by atoms with Gasteiger partial charge in [0.25, 0.3) is 0 Å². The largest absolute Gasteiger partial charge is 0.464 e. The van der Waals surface area contributed by atoms with E-state index in [0.29, 0.717) is 6.04 Å². The molecule has 0 aliphatic carbocycles. The fourth-order valence-corrected chi connectivity index (χ4v) is 1.71. The number of fused-ring (bicyclic) bond motifs is 1. The molecule has 1 atom stereocenters. The van der Waals surface area contributed by atoms with E-state index < -0.39 is 0 Å². The molecule has 2 aromatic heterocycles. The molecule has 0 spiro atoms. The van der Waals surface area contributed by atoms with Crippen LogP contribution in [0, 0.1) is 0 Å². The molecule has 86 valence electrons. The number of nitrogens with zero attached hydrogens (tertiary/aromatic N) is 1. The predicted molar refractivity (Wildman–Crippen MR) is 63.4 cm³/mol. The van der Waals surface area contributed by atoms with Gasteiger partial charge in [-0.25, -0.2) is 4.98 Å². The third-order valence-electron chi connectivity index (χ3n) is 2.56. The number of nitrogens with one attached hydrogen (secondary N) is 1. The molecule has 0 radical (unpaired) electrons. The second kappa shape index (κ2) is 4.99. The second-order valence-electron chi connectivity index (χ2n) is 3.90. The van der Waals surface area contributed by atoms with Gasteiger partial charge >= 0.3 is 0 Å². The van der Waals surface area contributed by atoms with E-state index in [1.807, 2.05) is 12.1 Å². The first kappa shape index (κ1) is 11.0. The fourth-order valence-electron chi connectivity index (χ4n) is 1.71. The van der Waals surface area contributed by atoms with E-state index >= 15 is 0 Å². The Balaban J connectivity index is 2.11. The van der Waals surface area contributed by atoms with Crippen LogP contribution in [0.1, 0.15) is 19.8 Å². The van der Waals surface area contributed by atoms with Gasteiger partial charge in [0.1, 0.15) is 11.4 Å². The molecule has 16 heavy (non-hydrogen) atoms. The van der Waals surface area contributed by atoms with Crippen molar-refractivity contribution in [3.8, 4) is 0 Å². The third-order valence-corrected chi connectivity index (χ3v) is 2.56. The van der Waals surface area contributed by atoms with Crippen molar-refractivity contribution < 1.29 is 9.52 Å². The molecule has 2 heterocycles. The van der Waals surface area contributed by atoms with Crippen molar-refractivity contribution >= 4 is 16.8 Å². The van der Waals surface area contributed by atoms with Crippen LogP contribution < -0.4 is 5.32 Å². The van der Waals surface area contributed by atoms with Crippen LogP contribution in [0.5, 0.6) is 0 Å². The van der Waals surface area contributed by atoms with Gasteiger partial charge in [0, 0.05) is 18.8 Å². The minimum Gasteiger partial charge on any atom is -0.464 e. The lowest BCUT2D eigenvalue weighted by Crippen LogP contribution is -2.16. The van der Waals surface area contributed by atoms with E-state index in [9.17, 15) is 0 Å². The summed E-state index contributed by atoms with van der Waals surface area (Å²) in [6.07, 6.45) is 5.12. The number of rotatable bonds is 5. The summed E-state index contributed by atoms with van der Waals surface area (Å²) in [5, 5.41) is 13.1. The molecule has 0 amide bonds. The average Bonchev–Trinajstić information content (AvgIpc) is 2.75. The molecular formula is C12H16N2O2. The number of hydrogen-bond donors (Lipinski definition) is 2. The first-order chi connectivity index (χ1) is 7.81. The van der Waals surface area contributed by atoms with Crippen molar-refractivity contribution in [3.63, 3.8) is 0 Å². The minimum atomic E-state index is 0.232. The van der Waals surface area contributed by atoms with Crippen LogP contribution in [0.15, 0.2) is 29.0 Å². The van der Waals surface area contributed by atoms with Crippen LogP contribution in [0.2, 0.25) is 0 Å². The van der Waals surface area contributed by atoms with Gasteiger partial charge < -0.3 is 14.8 Å². The van der Waals surface area contributed by atoms with Gasteiger partial charge in [-0.15, -0.1) is 0 Å². The van der Waals surface area contributed by atoms with E-state index in [-0.39, 0.29) is 6.61 Å². The zero-order chi connectivity index (χ0) is 11.4. The number of aromatic nitrogens is 1. The van der Waals surface area contributed by atoms with E-state index in [1.54, 1.807) is 12.5 Å². The second-order valence-corrected chi connectivity index (χ2v) is 3.90. The molecule has 2 rings (SSSR count). The quantitative estimate of drug-likeness (QED) is 0.812. The molecule has 2 aromatic rings. The summed E-state index contributed by atoms with van der Waals surface area (Å²) in [7, 11) is 0. The zero-order valence-electron chi connectivity index (χ0n) is 9.31. The van der Waals surface area contributed by atoms with Gasteiger partial charge in [-0.05, 0) is 31.9 Å². The molecule has 4 heteroatoms. The van der Waals surface area contributed by atoms with Crippen LogP contribution >= 0.6 is 0 Å². The van der Waals surface area contributed by atoms with Crippen molar-refractivity contribution in [1.82, 2.24) is 4.98 Å². The van der Waals surface area contributed by atoms with Gasteiger partial charge in [0.15, 0.2) is 0 Å². The Labute approximate surface area is 94.3 Å². The molecule has 4 nitrogen and oxygen atoms in total. The van der Waals surface area contributed by atoms with Crippen molar-refractivity contribution in [2.45, 2.75) is 25.8 Å². The van der Waals surface area contributed by atoms with Gasteiger partial charge in [-0.3, -0.25) is 0 Å². The van der Waals surface area contributed by atoms with Crippen LogP contribution in [-0.2, 0) is 0 Å². The molecule has 0 bridgehead atoms. The molecule has 0 aliphatic rings. The van der Waals surface area contributed by atoms with Crippen molar-refractivity contribution in [2.75, 3.05) is 11.9 Å². The van der Waals surface area contributed by atoms with Crippen LogP contribution in [0.25, 0.3) is 11.0 Å². The standard InChI is InChI=1S/C12H16N2O2/c1-9(3-2-7-15)14-12-10-5-8-16-11(10)4-6-13-12/h4-6,8-9,15H,2-3,7H2,1H3,(H,13,14). The molecular weight excluding hydrogens is 204 g/mol. The van der Waals surface area contributed by atoms with Crippen molar-refractivity contribution in [3.05, 3.63) is 24.6 Å². The number of anilines is 1. The lowest BCUT2D eigenvalue weighted by molar-refractivity contribution is 0.282. The smallest absolute Gasteiger partial charge is 0.139 e. The van der Waals surface area contributed by atoms with Gasteiger partial charge in [0.05, 0.1) is 11.6 Å². The number of aliphatic hydroxyl groups excluding tert-OH is 1. The Hall–Kier alpha value is -1.55. The highest BCUT2D eigenvalue weighted by atomic mass is 16.3. The zero-order valence-corrected chi connectivity index (χ0v) is 9.31. The van der Waals surface area contributed by atoms with Crippen LogP contribution in [0.4, 0.5) is 5.82 Å². The SMILES string of the molecule is CC(CCCO)Nc1nccc2occc12. The van der Waals surface area contributed by atoms with Crippen molar-refractivity contribution in [2.24, 2.45) is 0 Å². The highest BCUT2D eigenvalue weighted by Crippen LogP contribution is 2.22. The summed E-state index contributed by atoms with van der Waals surface area (Å²) in [4.78, 5) is 4.29. The summed E-state index contributed by atoms with van der Waals surface area (Å²) in [5.74, 6) is 0.844. The molecule has 2 N–H and O–H groups in total. The van der Waals surface area contributed by atoms with E-state index in [1.165, 1.54) is 0 Å². The summed E-state index contributed by atoms with van der Waals surface area (Å²) >= 11 is 0. The van der Waals surface area contributed by atoms with Gasteiger partial charge in [-0.2, -0.15) is 0 Å². The van der Waals surface area contributed by atoms with E-state index in [2.05, 4.69) is 17.2 Å². The first-order valence-electron chi connectivity index (χ1n) is 5.51. The summed E-state index contributed by atoms with van der Waals surface area (Å²) in [6, 6.07) is 4.04. The van der Waals surface area contributed by atoms with Crippen molar-refractivity contribution in [1.29, 1.82) is 0 Å². The maximum atomic E-state index is 8.76. The topological polar surface area (TPSA) is 58.3 Å². The Morgan fingerprint density at radius 1 is 1.50 bits per heavy atom. The maximum absolute atomic E-state index is 8.76. The molecule has 0 fully saturated rings. The molecule has 0 saturated heterocycles. The molecule has 0 saturated carbocycles. The average molecular weight is 220 g/mol. The Morgan fingerprint density at radius 2 is 2.38 bits per heavy atom. The Kier molecular flexibility index (Phi) is 3.41. The molecule has 0 aromatic carbocycles. The number of hydrogen-bond acceptors (Lipinski definition) is 4. The number of aliphatic hydroxyl groups is 1. The van der Waals surface area contributed by atoms with E-state index in [4.69, 9.17) is 9.52 Å². The van der Waals surface area contributed by atoms with Gasteiger partial charge in [0.2, 0.25) is 0 Å².